The lowest BCUT2D eigenvalue weighted by atomic mass is 9.81. The van der Waals surface area contributed by atoms with Gasteiger partial charge in [-0.15, -0.1) is 0 Å². The van der Waals surface area contributed by atoms with Crippen LogP contribution in [0.3, 0.4) is 0 Å². The van der Waals surface area contributed by atoms with Gasteiger partial charge in [-0.3, -0.25) is 14.5 Å². The van der Waals surface area contributed by atoms with Gasteiger partial charge in [0.25, 0.3) is 11.8 Å². The summed E-state index contributed by atoms with van der Waals surface area (Å²) in [5, 5.41) is 7.46. The Bertz CT molecular complexity index is 1590. The molecule has 1 aromatic heterocycles. The molecule has 206 valence electrons. The second-order valence-corrected chi connectivity index (χ2v) is 9.66. The van der Waals surface area contributed by atoms with E-state index in [1.807, 2.05) is 31.2 Å². The zero-order chi connectivity index (χ0) is 28.8. The van der Waals surface area contributed by atoms with Crippen molar-refractivity contribution in [3.63, 3.8) is 0 Å². The largest absolute Gasteiger partial charge is 0.416 e. The summed E-state index contributed by atoms with van der Waals surface area (Å²) < 4.78 is 55.5. The first-order valence-corrected chi connectivity index (χ1v) is 12.7. The predicted octanol–water partition coefficient (Wildman–Crippen LogP) is 5.94. The number of hydrogen-bond donors (Lipinski definition) is 1. The number of amides is 2. The molecular weight excluding hydrogens is 524 g/mol. The Hall–Kier alpha value is -4.47. The van der Waals surface area contributed by atoms with E-state index in [9.17, 15) is 27.2 Å². The number of rotatable bonds is 5. The minimum atomic E-state index is -4.64. The van der Waals surface area contributed by atoms with Gasteiger partial charge in [-0.2, -0.15) is 18.3 Å². The number of carbonyl (C=O) groups is 2. The van der Waals surface area contributed by atoms with Crippen LogP contribution in [-0.4, -0.2) is 34.2 Å². The number of carbonyl (C=O) groups excluding carboxylic acids is 2. The molecule has 1 aliphatic rings. The first-order valence-electron chi connectivity index (χ1n) is 12.7. The van der Waals surface area contributed by atoms with Gasteiger partial charge in [0.1, 0.15) is 17.7 Å². The molecule has 1 N–H and O–H groups in total. The van der Waals surface area contributed by atoms with Crippen LogP contribution in [0.25, 0.3) is 5.69 Å². The van der Waals surface area contributed by atoms with Crippen LogP contribution in [0.4, 0.5) is 23.4 Å². The number of halogens is 4. The van der Waals surface area contributed by atoms with E-state index >= 15 is 0 Å². The Balaban J connectivity index is 1.67. The number of anilines is 1. The van der Waals surface area contributed by atoms with E-state index in [0.29, 0.717) is 22.6 Å². The van der Waals surface area contributed by atoms with E-state index in [4.69, 9.17) is 5.10 Å². The number of alkyl halides is 3. The topological polar surface area (TPSA) is 67.2 Å². The SMILES string of the molecule is CCN1C(=O)[C@@H](NC(=O)c2cccc(C(F)(F)F)c2)[C@@H](c2ccc(F)cc2)c2c(C)nn(-c3ccccc3C)c21. The van der Waals surface area contributed by atoms with Crippen LogP contribution >= 0.6 is 0 Å². The molecule has 0 aliphatic carbocycles. The van der Waals surface area contributed by atoms with Crippen molar-refractivity contribution in [1.82, 2.24) is 15.1 Å². The van der Waals surface area contributed by atoms with Crippen LogP contribution < -0.4 is 10.2 Å². The van der Waals surface area contributed by atoms with E-state index in [1.54, 1.807) is 18.5 Å². The van der Waals surface area contributed by atoms with Crippen LogP contribution in [0.5, 0.6) is 0 Å². The zero-order valence-electron chi connectivity index (χ0n) is 22.0. The van der Waals surface area contributed by atoms with Gasteiger partial charge in [0.15, 0.2) is 0 Å². The third-order valence-electron chi connectivity index (χ3n) is 7.14. The molecule has 40 heavy (non-hydrogen) atoms. The molecule has 4 aromatic rings. The van der Waals surface area contributed by atoms with Gasteiger partial charge in [0.05, 0.1) is 16.9 Å². The Morgan fingerprint density at radius 1 is 1.00 bits per heavy atom. The number of likely N-dealkylation sites (N-methyl/N-ethyl adjacent to an activating group) is 1. The Morgan fingerprint density at radius 3 is 2.35 bits per heavy atom. The van der Waals surface area contributed by atoms with Gasteiger partial charge in [0.2, 0.25) is 0 Å². The fourth-order valence-corrected chi connectivity index (χ4v) is 5.24. The maximum absolute atomic E-state index is 14.1. The lowest BCUT2D eigenvalue weighted by molar-refractivity contribution is -0.137. The van der Waals surface area contributed by atoms with E-state index in [2.05, 4.69) is 5.32 Å². The molecule has 0 spiro atoms. The second-order valence-electron chi connectivity index (χ2n) is 9.66. The van der Waals surface area contributed by atoms with Gasteiger partial charge in [-0.25, -0.2) is 9.07 Å². The zero-order valence-corrected chi connectivity index (χ0v) is 22.0. The summed E-state index contributed by atoms with van der Waals surface area (Å²) in [6.07, 6.45) is -4.64. The lowest BCUT2D eigenvalue weighted by Crippen LogP contribution is -2.55. The molecule has 5 rings (SSSR count). The van der Waals surface area contributed by atoms with E-state index < -0.39 is 41.3 Å². The molecule has 0 unspecified atom stereocenters. The summed E-state index contributed by atoms with van der Waals surface area (Å²) in [5.74, 6) is -2.02. The predicted molar refractivity (Wildman–Crippen MR) is 142 cm³/mol. The molecule has 3 aromatic carbocycles. The van der Waals surface area contributed by atoms with Crippen molar-refractivity contribution in [2.45, 2.75) is 38.9 Å². The first kappa shape index (κ1) is 27.1. The number of para-hydroxylation sites is 1. The summed E-state index contributed by atoms with van der Waals surface area (Å²) in [6, 6.07) is 16.0. The smallest absolute Gasteiger partial charge is 0.339 e. The number of nitrogens with zero attached hydrogens (tertiary/aromatic N) is 3. The number of benzene rings is 3. The van der Waals surface area contributed by atoms with Crippen molar-refractivity contribution in [2.24, 2.45) is 0 Å². The fourth-order valence-electron chi connectivity index (χ4n) is 5.24. The average molecular weight is 551 g/mol. The maximum atomic E-state index is 14.1. The number of fused-ring (bicyclic) bond motifs is 1. The summed E-state index contributed by atoms with van der Waals surface area (Å²) in [6.45, 7) is 5.75. The van der Waals surface area contributed by atoms with Crippen molar-refractivity contribution >= 4 is 17.6 Å². The molecule has 2 amide bonds. The molecule has 0 radical (unpaired) electrons. The van der Waals surface area contributed by atoms with Crippen LogP contribution in [0.15, 0.2) is 72.8 Å². The highest BCUT2D eigenvalue weighted by molar-refractivity contribution is 6.05. The van der Waals surface area contributed by atoms with Gasteiger partial charge in [0, 0.05) is 23.6 Å². The number of aromatic nitrogens is 2. The van der Waals surface area contributed by atoms with Crippen LogP contribution in [-0.2, 0) is 11.0 Å². The van der Waals surface area contributed by atoms with Crippen molar-refractivity contribution in [3.8, 4) is 5.69 Å². The molecule has 0 fully saturated rings. The van der Waals surface area contributed by atoms with Crippen LogP contribution in [0.1, 0.15) is 51.1 Å². The van der Waals surface area contributed by atoms with Gasteiger partial charge >= 0.3 is 6.18 Å². The number of aryl methyl sites for hydroxylation is 2. The fraction of sp³-hybridized carbons (Fsp3) is 0.233. The quantitative estimate of drug-likeness (QED) is 0.313. The highest BCUT2D eigenvalue weighted by Crippen LogP contribution is 2.43. The minimum Gasteiger partial charge on any atom is -0.339 e. The van der Waals surface area contributed by atoms with Crippen molar-refractivity contribution in [2.75, 3.05) is 11.4 Å². The van der Waals surface area contributed by atoms with Crippen molar-refractivity contribution in [3.05, 3.63) is 112 Å². The number of nitrogens with one attached hydrogen (secondary N) is 1. The van der Waals surface area contributed by atoms with E-state index in [0.717, 1.165) is 29.4 Å². The Labute approximate surface area is 228 Å². The van der Waals surface area contributed by atoms with Crippen LogP contribution in [0, 0.1) is 19.7 Å². The van der Waals surface area contributed by atoms with E-state index in [-0.39, 0.29) is 12.1 Å². The molecule has 6 nitrogen and oxygen atoms in total. The van der Waals surface area contributed by atoms with Crippen molar-refractivity contribution in [1.29, 1.82) is 0 Å². The molecule has 2 atom stereocenters. The summed E-state index contributed by atoms with van der Waals surface area (Å²) in [4.78, 5) is 28.9. The highest BCUT2D eigenvalue weighted by Gasteiger charge is 2.45. The molecule has 0 saturated carbocycles. The minimum absolute atomic E-state index is 0.235. The molecule has 0 bridgehead atoms. The summed E-state index contributed by atoms with van der Waals surface area (Å²) >= 11 is 0. The monoisotopic (exact) mass is 550 g/mol. The maximum Gasteiger partial charge on any atom is 0.416 e. The second kappa shape index (κ2) is 10.3. The molecule has 2 heterocycles. The van der Waals surface area contributed by atoms with Gasteiger partial charge in [-0.05, 0) is 68.3 Å². The first-order chi connectivity index (χ1) is 19.0. The normalized spacial score (nSPS) is 17.1. The third kappa shape index (κ3) is 4.74. The van der Waals surface area contributed by atoms with E-state index in [1.165, 1.54) is 35.2 Å². The van der Waals surface area contributed by atoms with Crippen molar-refractivity contribution < 1.29 is 27.2 Å². The number of hydrogen-bond acceptors (Lipinski definition) is 3. The highest BCUT2D eigenvalue weighted by atomic mass is 19.4. The van der Waals surface area contributed by atoms with Crippen LogP contribution in [0.2, 0.25) is 0 Å². The lowest BCUT2D eigenvalue weighted by Gasteiger charge is -2.38. The van der Waals surface area contributed by atoms with Gasteiger partial charge < -0.3 is 5.32 Å². The molecule has 10 heteroatoms. The Kier molecular flexibility index (Phi) is 6.95. The third-order valence-corrected chi connectivity index (χ3v) is 7.14. The average Bonchev–Trinajstić information content (AvgIpc) is 3.26. The van der Waals surface area contributed by atoms with Gasteiger partial charge in [-0.1, -0.05) is 36.4 Å². The standard InChI is InChI=1S/C30H26F4N4O2/c1-4-37-28-24(18(3)36-38(28)23-11-6-5-8-17(23)2)25(19-12-14-22(31)15-13-19)26(29(37)40)35-27(39)20-9-7-10-21(16-20)30(32,33)34/h5-16,25-26H,4H2,1-3H3,(H,35,39)/t25-,26-/m0/s1. The molecule has 0 saturated heterocycles. The molecule has 1 aliphatic heterocycles. The Morgan fingerprint density at radius 2 is 1.70 bits per heavy atom. The summed E-state index contributed by atoms with van der Waals surface area (Å²) in [7, 11) is 0. The summed E-state index contributed by atoms with van der Waals surface area (Å²) in [5.41, 5.74) is 2.28. The molecular formula is C30H26F4N4O2.